The van der Waals surface area contributed by atoms with Crippen molar-refractivity contribution in [3.8, 4) is 0 Å². The molecule has 4 heteroatoms. The molecule has 1 fully saturated rings. The first-order valence-electron chi connectivity index (χ1n) is 5.05. The predicted molar refractivity (Wildman–Crippen MR) is 57.5 cm³/mol. The highest BCUT2D eigenvalue weighted by atomic mass is 32.2. The average molecular weight is 218 g/mol. The Balaban J connectivity index is 2.15. The molecular weight excluding hydrogens is 200 g/mol. The maximum absolute atomic E-state index is 11.3. The summed E-state index contributed by atoms with van der Waals surface area (Å²) in [6.07, 6.45) is 5.36. The van der Waals surface area contributed by atoms with E-state index in [1.54, 1.807) is 0 Å². The van der Waals surface area contributed by atoms with Gasteiger partial charge in [0.05, 0.1) is 11.4 Å². The van der Waals surface area contributed by atoms with Gasteiger partial charge in [-0.15, -0.1) is 0 Å². The van der Waals surface area contributed by atoms with Gasteiger partial charge in [0, 0.05) is 6.61 Å². The van der Waals surface area contributed by atoms with Crippen molar-refractivity contribution in [3.63, 3.8) is 0 Å². The van der Waals surface area contributed by atoms with E-state index in [0.717, 1.165) is 19.4 Å². The second-order valence-corrected chi connectivity index (χ2v) is 4.68. The third-order valence-electron chi connectivity index (χ3n) is 2.37. The molecule has 82 valence electrons. The van der Waals surface area contributed by atoms with E-state index in [0.29, 0.717) is 6.61 Å². The van der Waals surface area contributed by atoms with Gasteiger partial charge < -0.3 is 9.47 Å². The van der Waals surface area contributed by atoms with E-state index in [1.807, 2.05) is 13.2 Å². The largest absolute Gasteiger partial charge is 0.462 e. The fraction of sp³-hybridized carbons (Fsp3) is 0.900. The van der Waals surface area contributed by atoms with Crippen LogP contribution >= 0.6 is 11.8 Å². The molecule has 0 aromatic rings. The van der Waals surface area contributed by atoms with Crippen LogP contribution in [-0.4, -0.2) is 36.8 Å². The number of carbonyl (C=O) groups excluding carboxylic acids is 1. The first-order chi connectivity index (χ1) is 6.74. The second-order valence-electron chi connectivity index (χ2n) is 3.50. The van der Waals surface area contributed by atoms with E-state index < -0.39 is 0 Å². The van der Waals surface area contributed by atoms with E-state index >= 15 is 0 Å². The molecule has 1 saturated heterocycles. The lowest BCUT2D eigenvalue weighted by Gasteiger charge is -2.22. The SMILES string of the molecule is CSC(C)C(=O)OCC1CCCCO1. The minimum absolute atomic E-state index is 0.0707. The molecule has 1 aliphatic heterocycles. The Morgan fingerprint density at radius 3 is 3.00 bits per heavy atom. The van der Waals surface area contributed by atoms with Crippen LogP contribution in [0.25, 0.3) is 0 Å². The van der Waals surface area contributed by atoms with E-state index in [9.17, 15) is 4.79 Å². The third kappa shape index (κ3) is 3.88. The Hall–Kier alpha value is -0.220. The molecule has 3 nitrogen and oxygen atoms in total. The van der Waals surface area contributed by atoms with E-state index in [2.05, 4.69) is 0 Å². The first kappa shape index (κ1) is 11.9. The summed E-state index contributed by atoms with van der Waals surface area (Å²) in [5.41, 5.74) is 0. The maximum atomic E-state index is 11.3. The number of rotatable bonds is 4. The van der Waals surface area contributed by atoms with Crippen LogP contribution in [0, 0.1) is 0 Å². The van der Waals surface area contributed by atoms with E-state index in [1.165, 1.54) is 18.2 Å². The molecule has 0 aromatic carbocycles. The summed E-state index contributed by atoms with van der Waals surface area (Å²) in [6.45, 7) is 3.08. The summed E-state index contributed by atoms with van der Waals surface area (Å²) in [7, 11) is 0. The standard InChI is InChI=1S/C10H18O3S/c1-8(14-2)10(11)13-7-9-5-3-4-6-12-9/h8-9H,3-7H2,1-2H3. The normalized spacial score (nSPS) is 24.3. The molecule has 1 heterocycles. The molecule has 0 amide bonds. The zero-order valence-corrected chi connectivity index (χ0v) is 9.64. The van der Waals surface area contributed by atoms with Crippen molar-refractivity contribution in [2.24, 2.45) is 0 Å². The summed E-state index contributed by atoms with van der Waals surface area (Å²) in [4.78, 5) is 11.3. The summed E-state index contributed by atoms with van der Waals surface area (Å²) in [6, 6.07) is 0. The number of ether oxygens (including phenoxy) is 2. The Bertz CT molecular complexity index is 178. The molecule has 0 bridgehead atoms. The van der Waals surface area contributed by atoms with Gasteiger partial charge in [0.15, 0.2) is 0 Å². The summed E-state index contributed by atoms with van der Waals surface area (Å²) >= 11 is 1.50. The van der Waals surface area contributed by atoms with Gasteiger partial charge in [-0.25, -0.2) is 0 Å². The van der Waals surface area contributed by atoms with Gasteiger partial charge in [0.1, 0.15) is 6.61 Å². The molecule has 2 unspecified atom stereocenters. The minimum atomic E-state index is -0.133. The monoisotopic (exact) mass is 218 g/mol. The highest BCUT2D eigenvalue weighted by Crippen LogP contribution is 2.14. The maximum Gasteiger partial charge on any atom is 0.318 e. The molecule has 0 aliphatic carbocycles. The van der Waals surface area contributed by atoms with Gasteiger partial charge in [-0.1, -0.05) is 0 Å². The number of esters is 1. The molecule has 0 aromatic heterocycles. The van der Waals surface area contributed by atoms with Gasteiger partial charge in [-0.05, 0) is 32.4 Å². The number of carbonyl (C=O) groups is 1. The average Bonchev–Trinajstić information content (AvgIpc) is 2.26. The van der Waals surface area contributed by atoms with Crippen molar-refractivity contribution < 1.29 is 14.3 Å². The molecule has 1 rings (SSSR count). The van der Waals surface area contributed by atoms with Crippen molar-refractivity contribution in [1.29, 1.82) is 0 Å². The number of hydrogen-bond acceptors (Lipinski definition) is 4. The molecule has 0 spiro atoms. The molecule has 1 aliphatic rings. The Labute approximate surface area is 89.5 Å². The highest BCUT2D eigenvalue weighted by molar-refractivity contribution is 7.99. The lowest BCUT2D eigenvalue weighted by atomic mass is 10.1. The third-order valence-corrected chi connectivity index (χ3v) is 3.27. The van der Waals surface area contributed by atoms with Crippen LogP contribution < -0.4 is 0 Å². The number of thioether (sulfide) groups is 1. The molecule has 2 atom stereocenters. The van der Waals surface area contributed by atoms with E-state index in [4.69, 9.17) is 9.47 Å². The quantitative estimate of drug-likeness (QED) is 0.675. The fourth-order valence-electron chi connectivity index (χ4n) is 1.33. The fourth-order valence-corrected chi connectivity index (χ4v) is 1.59. The second kappa shape index (κ2) is 6.30. The van der Waals surface area contributed by atoms with Crippen LogP contribution in [0.1, 0.15) is 26.2 Å². The molecule has 0 radical (unpaired) electrons. The van der Waals surface area contributed by atoms with Crippen molar-refractivity contribution >= 4 is 17.7 Å². The van der Waals surface area contributed by atoms with Crippen molar-refractivity contribution in [1.82, 2.24) is 0 Å². The zero-order chi connectivity index (χ0) is 10.4. The summed E-state index contributed by atoms with van der Waals surface area (Å²) < 4.78 is 10.6. The van der Waals surface area contributed by atoms with Crippen LogP contribution in [0.4, 0.5) is 0 Å². The van der Waals surface area contributed by atoms with Gasteiger partial charge in [0.2, 0.25) is 0 Å². The van der Waals surface area contributed by atoms with Crippen LogP contribution in [0.2, 0.25) is 0 Å². The molecule has 14 heavy (non-hydrogen) atoms. The molecular formula is C10H18O3S. The van der Waals surface area contributed by atoms with Crippen molar-refractivity contribution in [3.05, 3.63) is 0 Å². The lowest BCUT2D eigenvalue weighted by molar-refractivity contribution is -0.148. The zero-order valence-electron chi connectivity index (χ0n) is 8.82. The van der Waals surface area contributed by atoms with E-state index in [-0.39, 0.29) is 17.3 Å². The Morgan fingerprint density at radius 1 is 1.64 bits per heavy atom. The smallest absolute Gasteiger partial charge is 0.318 e. The van der Waals surface area contributed by atoms with Crippen LogP contribution in [0.15, 0.2) is 0 Å². The predicted octanol–water partition coefficient (Wildman–Crippen LogP) is 1.85. The van der Waals surface area contributed by atoms with Crippen LogP contribution in [-0.2, 0) is 14.3 Å². The molecule has 0 saturated carbocycles. The van der Waals surface area contributed by atoms with Gasteiger partial charge in [-0.3, -0.25) is 4.79 Å². The lowest BCUT2D eigenvalue weighted by Crippen LogP contribution is -2.28. The summed E-state index contributed by atoms with van der Waals surface area (Å²) in [5.74, 6) is -0.133. The molecule has 0 N–H and O–H groups in total. The first-order valence-corrected chi connectivity index (χ1v) is 6.34. The van der Waals surface area contributed by atoms with Crippen molar-refractivity contribution in [2.45, 2.75) is 37.5 Å². The van der Waals surface area contributed by atoms with Crippen LogP contribution in [0.5, 0.6) is 0 Å². The number of hydrogen-bond donors (Lipinski definition) is 0. The van der Waals surface area contributed by atoms with Gasteiger partial charge in [0.25, 0.3) is 0 Å². The topological polar surface area (TPSA) is 35.5 Å². The Morgan fingerprint density at radius 2 is 2.43 bits per heavy atom. The minimum Gasteiger partial charge on any atom is -0.462 e. The van der Waals surface area contributed by atoms with Crippen molar-refractivity contribution in [2.75, 3.05) is 19.5 Å². The van der Waals surface area contributed by atoms with Crippen LogP contribution in [0.3, 0.4) is 0 Å². The highest BCUT2D eigenvalue weighted by Gasteiger charge is 2.18. The van der Waals surface area contributed by atoms with Gasteiger partial charge in [-0.2, -0.15) is 11.8 Å². The van der Waals surface area contributed by atoms with Gasteiger partial charge >= 0.3 is 5.97 Å². The summed E-state index contributed by atoms with van der Waals surface area (Å²) in [5, 5.41) is -0.0707. The Kier molecular flexibility index (Phi) is 5.33.